The minimum absolute atomic E-state index is 0.359. The molecule has 1 unspecified atom stereocenters. The van der Waals surface area contributed by atoms with E-state index in [1.165, 1.54) is 26.7 Å². The molecule has 20 heavy (non-hydrogen) atoms. The lowest BCUT2D eigenvalue weighted by atomic mass is 9.95. The van der Waals surface area contributed by atoms with Crippen LogP contribution in [0.4, 0.5) is 0 Å². The SMILES string of the molecule is CCNC(Cc1ccccc1C)c1ccc(C)c(Br)c1. The zero-order valence-electron chi connectivity index (χ0n) is 12.4. The summed E-state index contributed by atoms with van der Waals surface area (Å²) in [6.07, 6.45) is 1.02. The summed E-state index contributed by atoms with van der Waals surface area (Å²) < 4.78 is 1.18. The number of rotatable bonds is 5. The van der Waals surface area contributed by atoms with Crippen LogP contribution in [-0.4, -0.2) is 6.54 Å². The first-order valence-corrected chi connectivity index (χ1v) is 7.95. The van der Waals surface area contributed by atoms with Crippen LogP contribution >= 0.6 is 15.9 Å². The molecule has 0 bridgehead atoms. The van der Waals surface area contributed by atoms with E-state index in [2.05, 4.69) is 84.5 Å². The number of nitrogens with one attached hydrogen (secondary N) is 1. The van der Waals surface area contributed by atoms with E-state index >= 15 is 0 Å². The number of likely N-dealkylation sites (N-methyl/N-ethyl adjacent to an activating group) is 1. The molecule has 0 saturated carbocycles. The van der Waals surface area contributed by atoms with Gasteiger partial charge in [0.15, 0.2) is 0 Å². The summed E-state index contributed by atoms with van der Waals surface area (Å²) in [5.41, 5.74) is 5.39. The van der Waals surface area contributed by atoms with Crippen LogP contribution in [0.3, 0.4) is 0 Å². The number of benzene rings is 2. The van der Waals surface area contributed by atoms with Gasteiger partial charge in [-0.05, 0) is 55.1 Å². The molecule has 1 atom stereocenters. The maximum Gasteiger partial charge on any atom is 0.0361 e. The highest BCUT2D eigenvalue weighted by Crippen LogP contribution is 2.25. The summed E-state index contributed by atoms with van der Waals surface area (Å²) in [7, 11) is 0. The molecule has 106 valence electrons. The number of hydrogen-bond donors (Lipinski definition) is 1. The number of halogens is 1. The van der Waals surface area contributed by atoms with Gasteiger partial charge < -0.3 is 5.32 Å². The Morgan fingerprint density at radius 1 is 1.05 bits per heavy atom. The van der Waals surface area contributed by atoms with E-state index in [1.807, 2.05) is 0 Å². The Morgan fingerprint density at radius 2 is 1.80 bits per heavy atom. The molecule has 2 heteroatoms. The molecule has 2 aromatic rings. The number of aryl methyl sites for hydroxylation is 2. The van der Waals surface area contributed by atoms with E-state index in [-0.39, 0.29) is 0 Å². The first-order chi connectivity index (χ1) is 9.61. The van der Waals surface area contributed by atoms with Crippen LogP contribution in [-0.2, 0) is 6.42 Å². The molecule has 0 saturated heterocycles. The van der Waals surface area contributed by atoms with Crippen molar-refractivity contribution in [2.75, 3.05) is 6.54 Å². The van der Waals surface area contributed by atoms with Gasteiger partial charge in [-0.1, -0.05) is 59.3 Å². The monoisotopic (exact) mass is 331 g/mol. The highest BCUT2D eigenvalue weighted by molar-refractivity contribution is 9.10. The van der Waals surface area contributed by atoms with Gasteiger partial charge in [0, 0.05) is 10.5 Å². The Hall–Kier alpha value is -1.12. The first-order valence-electron chi connectivity index (χ1n) is 7.15. The van der Waals surface area contributed by atoms with Crippen molar-refractivity contribution >= 4 is 15.9 Å². The minimum Gasteiger partial charge on any atom is -0.310 e. The highest BCUT2D eigenvalue weighted by Gasteiger charge is 2.13. The molecule has 2 rings (SSSR count). The Balaban J connectivity index is 2.27. The van der Waals surface area contributed by atoms with Crippen molar-refractivity contribution < 1.29 is 0 Å². The molecule has 0 aliphatic heterocycles. The third-order valence-corrected chi connectivity index (χ3v) is 4.59. The third-order valence-electron chi connectivity index (χ3n) is 3.73. The lowest BCUT2D eigenvalue weighted by Gasteiger charge is -2.20. The summed E-state index contributed by atoms with van der Waals surface area (Å²) in [6, 6.07) is 15.6. The lowest BCUT2D eigenvalue weighted by Crippen LogP contribution is -2.23. The second kappa shape index (κ2) is 7.05. The topological polar surface area (TPSA) is 12.0 Å². The molecule has 0 heterocycles. The van der Waals surface area contributed by atoms with Crippen LogP contribution in [0.15, 0.2) is 46.9 Å². The Bertz CT molecular complexity index is 577. The summed E-state index contributed by atoms with van der Waals surface area (Å²) in [4.78, 5) is 0. The molecule has 0 fully saturated rings. The quantitative estimate of drug-likeness (QED) is 0.816. The largest absolute Gasteiger partial charge is 0.310 e. The average molecular weight is 332 g/mol. The van der Waals surface area contributed by atoms with Gasteiger partial charge in [-0.15, -0.1) is 0 Å². The summed E-state index contributed by atoms with van der Waals surface area (Å²) in [6.45, 7) is 7.44. The Kier molecular flexibility index (Phi) is 5.38. The van der Waals surface area contributed by atoms with Crippen LogP contribution in [0.5, 0.6) is 0 Å². The van der Waals surface area contributed by atoms with Crippen molar-refractivity contribution in [1.82, 2.24) is 5.32 Å². The molecular formula is C18H22BrN. The molecule has 0 amide bonds. The van der Waals surface area contributed by atoms with Gasteiger partial charge in [0.2, 0.25) is 0 Å². The molecule has 1 nitrogen and oxygen atoms in total. The van der Waals surface area contributed by atoms with E-state index in [0.717, 1.165) is 13.0 Å². The average Bonchev–Trinajstić information content (AvgIpc) is 2.44. The van der Waals surface area contributed by atoms with Gasteiger partial charge in [-0.3, -0.25) is 0 Å². The van der Waals surface area contributed by atoms with E-state index in [4.69, 9.17) is 0 Å². The van der Waals surface area contributed by atoms with Crippen LogP contribution in [0, 0.1) is 13.8 Å². The molecule has 0 aromatic heterocycles. The molecular weight excluding hydrogens is 310 g/mol. The summed E-state index contributed by atoms with van der Waals surface area (Å²) >= 11 is 3.64. The van der Waals surface area contributed by atoms with Gasteiger partial charge in [0.1, 0.15) is 0 Å². The van der Waals surface area contributed by atoms with Gasteiger partial charge >= 0.3 is 0 Å². The molecule has 2 aromatic carbocycles. The molecule has 0 aliphatic rings. The predicted molar refractivity (Wildman–Crippen MR) is 90.2 cm³/mol. The normalized spacial score (nSPS) is 12.4. The molecule has 1 N–H and O–H groups in total. The van der Waals surface area contributed by atoms with Gasteiger partial charge in [0.25, 0.3) is 0 Å². The van der Waals surface area contributed by atoms with Gasteiger partial charge in [-0.2, -0.15) is 0 Å². The maximum absolute atomic E-state index is 3.64. The Labute approximate surface area is 130 Å². The maximum atomic E-state index is 3.64. The zero-order chi connectivity index (χ0) is 14.5. The standard InChI is InChI=1S/C18H22BrN/c1-4-20-18(12-15-8-6-5-7-13(15)2)16-10-9-14(3)17(19)11-16/h5-11,18,20H,4,12H2,1-3H3. The Morgan fingerprint density at radius 3 is 2.45 bits per heavy atom. The van der Waals surface area contributed by atoms with Crippen molar-refractivity contribution in [3.8, 4) is 0 Å². The van der Waals surface area contributed by atoms with E-state index in [9.17, 15) is 0 Å². The van der Waals surface area contributed by atoms with Crippen LogP contribution in [0.25, 0.3) is 0 Å². The van der Waals surface area contributed by atoms with Crippen LogP contribution in [0.2, 0.25) is 0 Å². The van der Waals surface area contributed by atoms with Crippen molar-refractivity contribution in [2.45, 2.75) is 33.2 Å². The first kappa shape index (κ1) is 15.3. The highest BCUT2D eigenvalue weighted by atomic mass is 79.9. The van der Waals surface area contributed by atoms with Crippen molar-refractivity contribution in [3.05, 3.63) is 69.2 Å². The minimum atomic E-state index is 0.359. The van der Waals surface area contributed by atoms with E-state index in [0.29, 0.717) is 6.04 Å². The van der Waals surface area contributed by atoms with E-state index < -0.39 is 0 Å². The molecule has 0 radical (unpaired) electrons. The second-order valence-electron chi connectivity index (χ2n) is 5.25. The third kappa shape index (κ3) is 3.71. The fraction of sp³-hybridized carbons (Fsp3) is 0.333. The summed E-state index contributed by atoms with van der Waals surface area (Å²) in [5.74, 6) is 0. The van der Waals surface area contributed by atoms with E-state index in [1.54, 1.807) is 0 Å². The zero-order valence-corrected chi connectivity index (χ0v) is 14.0. The van der Waals surface area contributed by atoms with Gasteiger partial charge in [0.05, 0.1) is 0 Å². The van der Waals surface area contributed by atoms with Crippen LogP contribution in [0.1, 0.15) is 35.2 Å². The summed E-state index contributed by atoms with van der Waals surface area (Å²) in [5, 5.41) is 3.60. The lowest BCUT2D eigenvalue weighted by molar-refractivity contribution is 0.548. The number of hydrogen-bond acceptors (Lipinski definition) is 1. The fourth-order valence-electron chi connectivity index (χ4n) is 2.44. The molecule has 0 aliphatic carbocycles. The second-order valence-corrected chi connectivity index (χ2v) is 6.10. The fourth-order valence-corrected chi connectivity index (χ4v) is 2.84. The predicted octanol–water partition coefficient (Wildman–Crippen LogP) is 4.96. The van der Waals surface area contributed by atoms with Crippen molar-refractivity contribution in [1.29, 1.82) is 0 Å². The van der Waals surface area contributed by atoms with Gasteiger partial charge in [-0.25, -0.2) is 0 Å². The van der Waals surface area contributed by atoms with Crippen molar-refractivity contribution in [2.24, 2.45) is 0 Å². The molecule has 0 spiro atoms. The van der Waals surface area contributed by atoms with Crippen molar-refractivity contribution in [3.63, 3.8) is 0 Å². The van der Waals surface area contributed by atoms with Crippen LogP contribution < -0.4 is 5.32 Å². The smallest absolute Gasteiger partial charge is 0.0361 e.